The normalized spacial score (nSPS) is 16.8. The maximum Gasteiger partial charge on any atom is 0.289 e. The molecule has 1 aliphatic heterocycles. The van der Waals surface area contributed by atoms with Gasteiger partial charge in [0.1, 0.15) is 0 Å². The summed E-state index contributed by atoms with van der Waals surface area (Å²) in [5, 5.41) is 14.4. The molecule has 0 bridgehead atoms. The fourth-order valence-electron chi connectivity index (χ4n) is 2.65. The molecule has 0 unspecified atom stereocenters. The second-order valence-electron chi connectivity index (χ2n) is 5.63. The molecule has 1 fully saturated rings. The molecule has 130 valence electrons. The summed E-state index contributed by atoms with van der Waals surface area (Å²) in [6.45, 7) is 4.23. The summed E-state index contributed by atoms with van der Waals surface area (Å²) in [5.41, 5.74) is 1.09. The van der Waals surface area contributed by atoms with E-state index >= 15 is 0 Å². The van der Waals surface area contributed by atoms with Gasteiger partial charge in [0.05, 0.1) is 4.92 Å². The van der Waals surface area contributed by atoms with Crippen LogP contribution in [-0.4, -0.2) is 43.8 Å². The summed E-state index contributed by atoms with van der Waals surface area (Å²) in [6, 6.07) is 3.04. The van der Waals surface area contributed by atoms with Gasteiger partial charge in [0.15, 0.2) is 4.90 Å². The fraction of sp³-hybridized carbons (Fsp3) is 0.571. The number of nitrogens with zero attached hydrogens (tertiary/aromatic N) is 2. The summed E-state index contributed by atoms with van der Waals surface area (Å²) < 4.78 is 26.9. The Morgan fingerprint density at radius 3 is 2.22 bits per heavy atom. The Morgan fingerprint density at radius 1 is 1.22 bits per heavy atom. The Morgan fingerprint density at radius 2 is 1.74 bits per heavy atom. The third kappa shape index (κ3) is 4.00. The maximum atomic E-state index is 12.8. The van der Waals surface area contributed by atoms with Crippen LogP contribution in [-0.2, 0) is 10.0 Å². The van der Waals surface area contributed by atoms with Crippen molar-refractivity contribution in [3.8, 4) is 0 Å². The first-order chi connectivity index (χ1) is 10.3. The van der Waals surface area contributed by atoms with Crippen molar-refractivity contribution in [2.45, 2.75) is 37.6 Å². The van der Waals surface area contributed by atoms with Gasteiger partial charge in [0.25, 0.3) is 5.69 Å². The highest BCUT2D eigenvalue weighted by Gasteiger charge is 2.34. The van der Waals surface area contributed by atoms with E-state index in [1.807, 2.05) is 7.05 Å². The molecule has 1 saturated heterocycles. The minimum atomic E-state index is -3.84. The van der Waals surface area contributed by atoms with Crippen molar-refractivity contribution < 1.29 is 13.3 Å². The van der Waals surface area contributed by atoms with Crippen LogP contribution < -0.4 is 5.32 Å². The van der Waals surface area contributed by atoms with E-state index in [1.54, 1.807) is 13.8 Å². The second kappa shape index (κ2) is 7.57. The van der Waals surface area contributed by atoms with Crippen molar-refractivity contribution >= 4 is 28.1 Å². The van der Waals surface area contributed by atoms with Crippen LogP contribution in [0.1, 0.15) is 24.0 Å². The quantitative estimate of drug-likeness (QED) is 0.652. The molecule has 0 radical (unpaired) electrons. The average Bonchev–Trinajstić information content (AvgIpc) is 2.49. The largest absolute Gasteiger partial charge is 0.317 e. The van der Waals surface area contributed by atoms with Gasteiger partial charge in [-0.15, -0.1) is 12.4 Å². The van der Waals surface area contributed by atoms with Gasteiger partial charge in [-0.05, 0) is 50.9 Å². The molecule has 9 heteroatoms. The third-order valence-corrected chi connectivity index (χ3v) is 6.18. The molecule has 1 aromatic carbocycles. The molecule has 0 saturated carbocycles. The number of benzene rings is 1. The first-order valence-corrected chi connectivity index (χ1v) is 8.64. The number of sulfonamides is 1. The molecular formula is C14H22ClN3O4S. The standard InChI is InChI=1S/C14H21N3O4S.ClH/c1-10-8-13(17(18)19)14(9-11(10)2)22(20,21)16-6-4-12(15-3)5-7-16;/h8-9,12,15H,4-7H2,1-3H3;1H. The van der Waals surface area contributed by atoms with E-state index in [0.29, 0.717) is 37.5 Å². The number of piperidine rings is 1. The number of nitro benzene ring substituents is 1. The van der Waals surface area contributed by atoms with Crippen LogP contribution in [0.4, 0.5) is 5.69 Å². The zero-order valence-electron chi connectivity index (χ0n) is 13.4. The Labute approximate surface area is 142 Å². The van der Waals surface area contributed by atoms with E-state index in [-0.39, 0.29) is 23.0 Å². The maximum absolute atomic E-state index is 12.8. The zero-order chi connectivity index (χ0) is 16.5. The molecule has 0 spiro atoms. The minimum Gasteiger partial charge on any atom is -0.317 e. The molecule has 23 heavy (non-hydrogen) atoms. The van der Waals surface area contributed by atoms with Gasteiger partial charge in [-0.3, -0.25) is 10.1 Å². The van der Waals surface area contributed by atoms with E-state index in [1.165, 1.54) is 16.4 Å². The highest BCUT2D eigenvalue weighted by atomic mass is 35.5. The number of halogens is 1. The van der Waals surface area contributed by atoms with Gasteiger partial charge in [-0.1, -0.05) is 0 Å². The van der Waals surface area contributed by atoms with E-state index in [4.69, 9.17) is 0 Å². The van der Waals surface area contributed by atoms with Crippen LogP contribution in [0.5, 0.6) is 0 Å². The number of rotatable bonds is 4. The van der Waals surface area contributed by atoms with Crippen LogP contribution in [0.15, 0.2) is 17.0 Å². The Bertz CT molecular complexity index is 686. The van der Waals surface area contributed by atoms with E-state index < -0.39 is 14.9 Å². The van der Waals surface area contributed by atoms with Crippen molar-refractivity contribution in [3.05, 3.63) is 33.4 Å². The predicted octanol–water partition coefficient (Wildman–Crippen LogP) is 2.01. The molecular weight excluding hydrogens is 342 g/mol. The predicted molar refractivity (Wildman–Crippen MR) is 90.7 cm³/mol. The fourth-order valence-corrected chi connectivity index (χ4v) is 4.34. The van der Waals surface area contributed by atoms with Crippen molar-refractivity contribution in [1.82, 2.24) is 9.62 Å². The van der Waals surface area contributed by atoms with E-state index in [0.717, 1.165) is 5.56 Å². The highest BCUT2D eigenvalue weighted by molar-refractivity contribution is 7.89. The van der Waals surface area contributed by atoms with Gasteiger partial charge < -0.3 is 5.32 Å². The topological polar surface area (TPSA) is 92.6 Å². The van der Waals surface area contributed by atoms with Crippen LogP contribution in [0, 0.1) is 24.0 Å². The highest BCUT2D eigenvalue weighted by Crippen LogP contribution is 2.31. The van der Waals surface area contributed by atoms with Gasteiger partial charge in [0.2, 0.25) is 10.0 Å². The zero-order valence-corrected chi connectivity index (χ0v) is 15.0. The molecule has 2 rings (SSSR count). The molecule has 1 aromatic rings. The summed E-state index contributed by atoms with van der Waals surface area (Å²) in [7, 11) is -1.99. The molecule has 1 aliphatic rings. The van der Waals surface area contributed by atoms with Crippen LogP contribution in [0.3, 0.4) is 0 Å². The summed E-state index contributed by atoms with van der Waals surface area (Å²) in [5.74, 6) is 0. The van der Waals surface area contributed by atoms with Gasteiger partial charge in [-0.25, -0.2) is 8.42 Å². The Hall–Kier alpha value is -1.22. The lowest BCUT2D eigenvalue weighted by molar-refractivity contribution is -0.387. The summed E-state index contributed by atoms with van der Waals surface area (Å²) in [4.78, 5) is 10.4. The lowest BCUT2D eigenvalue weighted by Gasteiger charge is -2.30. The monoisotopic (exact) mass is 363 g/mol. The van der Waals surface area contributed by atoms with E-state index in [2.05, 4.69) is 5.32 Å². The summed E-state index contributed by atoms with van der Waals surface area (Å²) >= 11 is 0. The number of hydrogen-bond donors (Lipinski definition) is 1. The number of nitrogens with one attached hydrogen (secondary N) is 1. The number of nitro groups is 1. The van der Waals surface area contributed by atoms with Crippen molar-refractivity contribution in [3.63, 3.8) is 0 Å². The summed E-state index contributed by atoms with van der Waals surface area (Å²) in [6.07, 6.45) is 1.41. The first kappa shape index (κ1) is 19.8. The van der Waals surface area contributed by atoms with Crippen LogP contribution in [0.2, 0.25) is 0 Å². The molecule has 1 heterocycles. The molecule has 7 nitrogen and oxygen atoms in total. The van der Waals surface area contributed by atoms with Gasteiger partial charge in [-0.2, -0.15) is 4.31 Å². The average molecular weight is 364 g/mol. The first-order valence-electron chi connectivity index (χ1n) is 7.20. The smallest absolute Gasteiger partial charge is 0.289 e. The van der Waals surface area contributed by atoms with E-state index in [9.17, 15) is 18.5 Å². The Kier molecular flexibility index (Phi) is 6.52. The van der Waals surface area contributed by atoms with Crippen LogP contribution >= 0.6 is 12.4 Å². The minimum absolute atomic E-state index is 0. The van der Waals surface area contributed by atoms with Crippen LogP contribution in [0.25, 0.3) is 0 Å². The number of hydrogen-bond acceptors (Lipinski definition) is 5. The van der Waals surface area contributed by atoms with Crippen molar-refractivity contribution in [1.29, 1.82) is 0 Å². The molecule has 0 aromatic heterocycles. The number of aryl methyl sites for hydroxylation is 2. The van der Waals surface area contributed by atoms with Gasteiger partial charge >= 0.3 is 0 Å². The SMILES string of the molecule is CNC1CCN(S(=O)(=O)c2cc(C)c(C)cc2[N+](=O)[O-])CC1.Cl. The lowest BCUT2D eigenvalue weighted by atomic mass is 10.1. The van der Waals surface area contributed by atoms with Gasteiger partial charge in [0, 0.05) is 25.2 Å². The molecule has 0 atom stereocenters. The van der Waals surface area contributed by atoms with Crippen molar-refractivity contribution in [2.75, 3.05) is 20.1 Å². The molecule has 1 N–H and O–H groups in total. The second-order valence-corrected chi connectivity index (χ2v) is 7.53. The molecule has 0 amide bonds. The Balaban J connectivity index is 0.00000264. The molecule has 0 aliphatic carbocycles. The lowest BCUT2D eigenvalue weighted by Crippen LogP contribution is -2.44. The third-order valence-electron chi connectivity index (χ3n) is 4.25. The van der Waals surface area contributed by atoms with Crippen molar-refractivity contribution in [2.24, 2.45) is 0 Å².